The molecule has 14 heteroatoms. The van der Waals surface area contributed by atoms with Crippen molar-refractivity contribution in [3.63, 3.8) is 0 Å². The monoisotopic (exact) mass is 739 g/mol. The standard InChI is InChI=1S/C38H70N6O8/c1-25-22-38(5,49)35(27(3)33(47)28(4)36(48)44-14-10-12-29(44)21-32(46)42(9)23-25)52-37-34(30(40(6)7)20-26(2)51-37)50-19-11-13-39-31(45)24-43-17-15-41(8)16-18-43/h25-30,33-35,37,47,49H,10-24H2,1-9H3,(H,39,45)/t25-,26-,27+,28-,29+,30+,33+,34-,35-,37+,38-/m1/s1. The molecule has 0 aliphatic carbocycles. The molecule has 0 bridgehead atoms. The van der Waals surface area contributed by atoms with Crippen LogP contribution in [0, 0.1) is 17.8 Å². The lowest BCUT2D eigenvalue weighted by molar-refractivity contribution is -0.306. The molecule has 4 aliphatic rings. The van der Waals surface area contributed by atoms with Gasteiger partial charge in [0.2, 0.25) is 17.7 Å². The van der Waals surface area contributed by atoms with Gasteiger partial charge in [0.25, 0.3) is 0 Å². The summed E-state index contributed by atoms with van der Waals surface area (Å²) in [4.78, 5) is 49.7. The van der Waals surface area contributed by atoms with Gasteiger partial charge in [-0.1, -0.05) is 20.8 Å². The number of ether oxygens (including phenoxy) is 3. The third kappa shape index (κ3) is 11.3. The Balaban J connectivity index is 1.50. The lowest BCUT2D eigenvalue weighted by atomic mass is 9.77. The second kappa shape index (κ2) is 19.1. The largest absolute Gasteiger partial charge is 0.392 e. The number of nitrogens with zero attached hydrogens (tertiary/aromatic N) is 5. The zero-order valence-electron chi connectivity index (χ0n) is 33.5. The van der Waals surface area contributed by atoms with Gasteiger partial charge < -0.3 is 49.3 Å². The molecule has 14 nitrogen and oxygen atoms in total. The van der Waals surface area contributed by atoms with Crippen molar-refractivity contribution in [2.24, 2.45) is 17.8 Å². The number of aliphatic hydroxyl groups is 2. The maximum Gasteiger partial charge on any atom is 0.234 e. The first-order valence-corrected chi connectivity index (χ1v) is 19.7. The van der Waals surface area contributed by atoms with Crippen LogP contribution in [0.3, 0.4) is 0 Å². The molecule has 0 aromatic carbocycles. The third-order valence-electron chi connectivity index (χ3n) is 11.8. The predicted molar refractivity (Wildman–Crippen MR) is 198 cm³/mol. The van der Waals surface area contributed by atoms with Crippen molar-refractivity contribution in [1.29, 1.82) is 0 Å². The average molecular weight is 739 g/mol. The maximum absolute atomic E-state index is 13.8. The molecule has 4 saturated heterocycles. The lowest BCUT2D eigenvalue weighted by Crippen LogP contribution is -2.60. The third-order valence-corrected chi connectivity index (χ3v) is 11.8. The minimum Gasteiger partial charge on any atom is -0.392 e. The van der Waals surface area contributed by atoms with Crippen LogP contribution in [0.25, 0.3) is 0 Å². The van der Waals surface area contributed by atoms with Gasteiger partial charge in [-0.2, -0.15) is 0 Å². The first-order chi connectivity index (χ1) is 24.5. The summed E-state index contributed by atoms with van der Waals surface area (Å²) >= 11 is 0. The highest BCUT2D eigenvalue weighted by molar-refractivity contribution is 5.82. The van der Waals surface area contributed by atoms with Crippen LogP contribution in [-0.2, 0) is 28.6 Å². The first kappa shape index (κ1) is 42.8. The van der Waals surface area contributed by atoms with Crippen molar-refractivity contribution in [3.05, 3.63) is 0 Å². The zero-order chi connectivity index (χ0) is 38.3. The molecular weight excluding hydrogens is 668 g/mol. The molecule has 0 spiro atoms. The van der Waals surface area contributed by atoms with E-state index in [-0.39, 0.29) is 48.2 Å². The van der Waals surface area contributed by atoms with Gasteiger partial charge in [-0.05, 0) is 73.0 Å². The second-order valence-corrected chi connectivity index (χ2v) is 16.9. The Hall–Kier alpha value is -1.91. The van der Waals surface area contributed by atoms with Crippen LogP contribution in [-0.4, -0.2) is 188 Å². The van der Waals surface area contributed by atoms with E-state index in [0.717, 1.165) is 39.0 Å². The van der Waals surface area contributed by atoms with Crippen molar-refractivity contribution in [3.8, 4) is 0 Å². The molecule has 52 heavy (non-hydrogen) atoms. The fourth-order valence-corrected chi connectivity index (χ4v) is 8.78. The molecule has 3 amide bonds. The summed E-state index contributed by atoms with van der Waals surface area (Å²) in [5.74, 6) is -1.72. The molecule has 0 aromatic rings. The Labute approximate surface area is 312 Å². The number of carbonyl (C=O) groups excluding carboxylic acids is 3. The van der Waals surface area contributed by atoms with Gasteiger partial charge in [0.05, 0.1) is 36.4 Å². The molecule has 4 fully saturated rings. The second-order valence-electron chi connectivity index (χ2n) is 16.9. The molecule has 0 aromatic heterocycles. The smallest absolute Gasteiger partial charge is 0.234 e. The van der Waals surface area contributed by atoms with E-state index in [4.69, 9.17) is 14.2 Å². The minimum absolute atomic E-state index is 0.00751. The van der Waals surface area contributed by atoms with Crippen LogP contribution in [0.2, 0.25) is 0 Å². The van der Waals surface area contributed by atoms with E-state index in [2.05, 4.69) is 27.1 Å². The predicted octanol–water partition coefficient (Wildman–Crippen LogP) is 0.839. The summed E-state index contributed by atoms with van der Waals surface area (Å²) in [6.07, 6.45) is -0.187. The minimum atomic E-state index is -1.46. The summed E-state index contributed by atoms with van der Waals surface area (Å²) < 4.78 is 19.8. The van der Waals surface area contributed by atoms with Crippen LogP contribution >= 0.6 is 0 Å². The molecule has 3 N–H and O–H groups in total. The summed E-state index contributed by atoms with van der Waals surface area (Å²) in [7, 11) is 7.87. The van der Waals surface area contributed by atoms with Gasteiger partial charge in [0.1, 0.15) is 6.10 Å². The quantitative estimate of drug-likeness (QED) is 0.274. The fraction of sp³-hybridized carbons (Fsp3) is 0.921. The number of carbonyl (C=O) groups is 3. The van der Waals surface area contributed by atoms with Crippen molar-refractivity contribution < 1.29 is 38.8 Å². The van der Waals surface area contributed by atoms with Crippen LogP contribution in [0.5, 0.6) is 0 Å². The normalized spacial score (nSPS) is 38.0. The highest BCUT2D eigenvalue weighted by Crippen LogP contribution is 2.37. The van der Waals surface area contributed by atoms with Crippen LogP contribution in [0.1, 0.15) is 73.1 Å². The summed E-state index contributed by atoms with van der Waals surface area (Å²) in [6, 6.07) is -0.250. The fourth-order valence-electron chi connectivity index (χ4n) is 8.78. The summed E-state index contributed by atoms with van der Waals surface area (Å²) in [5.41, 5.74) is -1.46. The van der Waals surface area contributed by atoms with Crippen molar-refractivity contribution >= 4 is 17.7 Å². The van der Waals surface area contributed by atoms with E-state index in [1.54, 1.807) is 30.7 Å². The molecule has 4 heterocycles. The van der Waals surface area contributed by atoms with Gasteiger partial charge in [-0.3, -0.25) is 19.3 Å². The van der Waals surface area contributed by atoms with Crippen molar-refractivity contribution in [2.75, 3.05) is 87.2 Å². The Morgan fingerprint density at radius 1 is 1.08 bits per heavy atom. The Morgan fingerprint density at radius 3 is 2.44 bits per heavy atom. The number of hydrogen-bond donors (Lipinski definition) is 3. The van der Waals surface area contributed by atoms with E-state index in [1.165, 1.54) is 0 Å². The number of hydrogen-bond acceptors (Lipinski definition) is 11. The number of amides is 3. The van der Waals surface area contributed by atoms with Crippen LogP contribution < -0.4 is 5.32 Å². The number of piperazine rings is 1. The summed E-state index contributed by atoms with van der Waals surface area (Å²) in [6.45, 7) is 15.2. The molecule has 300 valence electrons. The first-order valence-electron chi connectivity index (χ1n) is 19.7. The molecule has 4 rings (SSSR count). The molecule has 0 saturated carbocycles. The van der Waals surface area contributed by atoms with E-state index in [1.807, 2.05) is 34.9 Å². The lowest BCUT2D eigenvalue weighted by Gasteiger charge is -2.48. The number of fused-ring (bicyclic) bond motifs is 1. The Morgan fingerprint density at radius 2 is 1.77 bits per heavy atom. The van der Waals surface area contributed by atoms with E-state index >= 15 is 0 Å². The van der Waals surface area contributed by atoms with Gasteiger partial charge in [-0.25, -0.2) is 0 Å². The van der Waals surface area contributed by atoms with Crippen molar-refractivity contribution in [1.82, 2.24) is 29.8 Å². The van der Waals surface area contributed by atoms with Crippen LogP contribution in [0.15, 0.2) is 0 Å². The van der Waals surface area contributed by atoms with Gasteiger partial charge >= 0.3 is 0 Å². The highest BCUT2D eigenvalue weighted by Gasteiger charge is 2.49. The Bertz CT molecular complexity index is 1170. The summed E-state index contributed by atoms with van der Waals surface area (Å²) in [5, 5.41) is 27.1. The maximum atomic E-state index is 13.8. The molecular formula is C38H70N6O8. The molecule has 4 aliphatic heterocycles. The number of nitrogens with one attached hydrogen (secondary N) is 1. The van der Waals surface area contributed by atoms with Gasteiger partial charge in [0.15, 0.2) is 6.29 Å². The van der Waals surface area contributed by atoms with Gasteiger partial charge in [0, 0.05) is 83.9 Å². The highest BCUT2D eigenvalue weighted by atomic mass is 16.7. The zero-order valence-corrected chi connectivity index (χ0v) is 33.5. The van der Waals surface area contributed by atoms with E-state index in [9.17, 15) is 24.6 Å². The number of aliphatic hydroxyl groups excluding tert-OH is 1. The van der Waals surface area contributed by atoms with Crippen molar-refractivity contribution in [2.45, 2.75) is 122 Å². The SMILES string of the molecule is C[C@H]1CN(C)C(=O)C[C@@H]2CCCN2C(=O)[C@H](C)[C@@H](O)[C@H](C)[C@@H](O[C@@H]2O[C@H](C)C[C@H](N(C)C)[C@H]2OCCCNC(=O)CN2CCN(C)CC2)[C@](C)(O)C1. The molecule has 0 radical (unpaired) electrons. The molecule has 0 unspecified atom stereocenters. The number of likely N-dealkylation sites (N-methyl/N-ethyl adjacent to an activating group) is 2. The number of rotatable bonds is 10. The van der Waals surface area contributed by atoms with E-state index < -0.39 is 42.0 Å². The Kier molecular flexibility index (Phi) is 15.7. The average Bonchev–Trinajstić information content (AvgIpc) is 3.54. The topological polar surface area (TPSA) is 148 Å². The van der Waals surface area contributed by atoms with Crippen LogP contribution in [0.4, 0.5) is 0 Å². The van der Waals surface area contributed by atoms with E-state index in [0.29, 0.717) is 52.0 Å². The van der Waals surface area contributed by atoms with Gasteiger partial charge in [-0.15, -0.1) is 0 Å². The molecule has 11 atom stereocenters.